The molecule has 110 valence electrons. The Morgan fingerprint density at radius 1 is 1.21 bits per heavy atom. The summed E-state index contributed by atoms with van der Waals surface area (Å²) in [6.45, 7) is 5.29. The first-order chi connectivity index (χ1) is 9.24. The first-order valence-electron chi connectivity index (χ1n) is 7.59. The zero-order valence-corrected chi connectivity index (χ0v) is 12.7. The third kappa shape index (κ3) is 4.86. The molecule has 4 nitrogen and oxygen atoms in total. The van der Waals surface area contributed by atoms with Gasteiger partial charge in [-0.3, -0.25) is 4.68 Å². The van der Waals surface area contributed by atoms with Crippen molar-refractivity contribution in [3.05, 3.63) is 11.9 Å². The second-order valence-corrected chi connectivity index (χ2v) is 5.13. The molecule has 0 saturated heterocycles. The maximum absolute atomic E-state index is 6.32. The third-order valence-electron chi connectivity index (χ3n) is 3.47. The van der Waals surface area contributed by atoms with Crippen LogP contribution >= 0.6 is 0 Å². The average Bonchev–Trinajstić information content (AvgIpc) is 2.81. The van der Waals surface area contributed by atoms with Gasteiger partial charge in [-0.2, -0.15) is 5.10 Å². The molecule has 0 aliphatic heterocycles. The first-order valence-corrected chi connectivity index (χ1v) is 7.59. The molecule has 0 bridgehead atoms. The minimum Gasteiger partial charge on any atom is -0.493 e. The van der Waals surface area contributed by atoms with Crippen LogP contribution < -0.4 is 10.5 Å². The summed E-state index contributed by atoms with van der Waals surface area (Å²) in [6.07, 6.45) is 10.2. The van der Waals surface area contributed by atoms with Crippen molar-refractivity contribution < 1.29 is 4.74 Å². The topological polar surface area (TPSA) is 53.1 Å². The standard InChI is InChI=1S/C15H29N3O/c1-4-6-7-8-9-10-13(16)15-14(19-3)12-17-18(15)11-5-2/h12-13H,4-11,16H2,1-3H3. The summed E-state index contributed by atoms with van der Waals surface area (Å²) >= 11 is 0. The van der Waals surface area contributed by atoms with Gasteiger partial charge in [0.25, 0.3) is 0 Å². The van der Waals surface area contributed by atoms with Gasteiger partial charge in [0.1, 0.15) is 0 Å². The second-order valence-electron chi connectivity index (χ2n) is 5.13. The predicted octanol–water partition coefficient (Wildman–Crippen LogP) is 3.66. The van der Waals surface area contributed by atoms with E-state index in [-0.39, 0.29) is 6.04 Å². The largest absolute Gasteiger partial charge is 0.493 e. The van der Waals surface area contributed by atoms with Gasteiger partial charge in [-0.15, -0.1) is 0 Å². The average molecular weight is 267 g/mol. The fourth-order valence-corrected chi connectivity index (χ4v) is 2.40. The van der Waals surface area contributed by atoms with Crippen LogP contribution in [-0.4, -0.2) is 16.9 Å². The van der Waals surface area contributed by atoms with Gasteiger partial charge in [0.2, 0.25) is 0 Å². The highest BCUT2D eigenvalue weighted by Crippen LogP contribution is 2.27. The van der Waals surface area contributed by atoms with Crippen LogP contribution in [0, 0.1) is 0 Å². The summed E-state index contributed by atoms with van der Waals surface area (Å²) in [6, 6.07) is 0.0330. The second kappa shape index (κ2) is 8.97. The zero-order valence-electron chi connectivity index (χ0n) is 12.7. The molecule has 19 heavy (non-hydrogen) atoms. The molecule has 1 atom stereocenters. The Labute approximate surface area is 117 Å². The van der Waals surface area contributed by atoms with Gasteiger partial charge in [0.15, 0.2) is 5.75 Å². The zero-order chi connectivity index (χ0) is 14.1. The van der Waals surface area contributed by atoms with Crippen molar-refractivity contribution in [2.45, 2.75) is 71.4 Å². The van der Waals surface area contributed by atoms with Crippen LogP contribution in [0.3, 0.4) is 0 Å². The molecular weight excluding hydrogens is 238 g/mol. The fourth-order valence-electron chi connectivity index (χ4n) is 2.40. The molecule has 1 unspecified atom stereocenters. The Morgan fingerprint density at radius 3 is 2.58 bits per heavy atom. The molecule has 0 aliphatic carbocycles. The van der Waals surface area contributed by atoms with E-state index in [2.05, 4.69) is 18.9 Å². The Morgan fingerprint density at radius 2 is 1.95 bits per heavy atom. The molecular formula is C15H29N3O. The maximum Gasteiger partial charge on any atom is 0.161 e. The molecule has 1 heterocycles. The summed E-state index contributed by atoms with van der Waals surface area (Å²) in [5, 5.41) is 4.37. The van der Waals surface area contributed by atoms with Crippen LogP contribution in [0.1, 0.15) is 70.5 Å². The number of nitrogens with zero attached hydrogens (tertiary/aromatic N) is 2. The number of methoxy groups -OCH3 is 1. The van der Waals surface area contributed by atoms with Gasteiger partial charge >= 0.3 is 0 Å². The lowest BCUT2D eigenvalue weighted by molar-refractivity contribution is 0.396. The highest BCUT2D eigenvalue weighted by molar-refractivity contribution is 5.28. The van der Waals surface area contributed by atoms with Crippen LogP contribution in [0.2, 0.25) is 0 Å². The van der Waals surface area contributed by atoms with Gasteiger partial charge in [0.05, 0.1) is 25.0 Å². The molecule has 0 aromatic carbocycles. The lowest BCUT2D eigenvalue weighted by Gasteiger charge is -2.15. The van der Waals surface area contributed by atoms with Crippen LogP contribution in [0.5, 0.6) is 5.75 Å². The van der Waals surface area contributed by atoms with E-state index in [1.54, 1.807) is 13.3 Å². The van der Waals surface area contributed by atoms with Crippen molar-refractivity contribution >= 4 is 0 Å². The van der Waals surface area contributed by atoms with Gasteiger partial charge in [-0.1, -0.05) is 46.0 Å². The molecule has 2 N–H and O–H groups in total. The fraction of sp³-hybridized carbons (Fsp3) is 0.800. The number of aromatic nitrogens is 2. The number of unbranched alkanes of at least 4 members (excludes halogenated alkanes) is 4. The van der Waals surface area contributed by atoms with E-state index in [4.69, 9.17) is 10.5 Å². The predicted molar refractivity (Wildman–Crippen MR) is 79.4 cm³/mol. The molecule has 1 rings (SSSR count). The van der Waals surface area contributed by atoms with Crippen molar-refractivity contribution in [3.8, 4) is 5.75 Å². The molecule has 4 heteroatoms. The monoisotopic (exact) mass is 267 g/mol. The summed E-state index contributed by atoms with van der Waals surface area (Å²) in [7, 11) is 1.69. The quantitative estimate of drug-likeness (QED) is 0.658. The highest BCUT2D eigenvalue weighted by atomic mass is 16.5. The molecule has 1 aromatic heterocycles. The van der Waals surface area contributed by atoms with Crippen molar-refractivity contribution in [1.29, 1.82) is 0 Å². The van der Waals surface area contributed by atoms with Gasteiger partial charge in [0, 0.05) is 6.54 Å². The van der Waals surface area contributed by atoms with E-state index in [1.807, 2.05) is 4.68 Å². The molecule has 0 radical (unpaired) electrons. The Bertz CT molecular complexity index is 349. The number of hydrogen-bond donors (Lipinski definition) is 1. The minimum absolute atomic E-state index is 0.0330. The van der Waals surface area contributed by atoms with Crippen molar-refractivity contribution in [2.75, 3.05) is 7.11 Å². The third-order valence-corrected chi connectivity index (χ3v) is 3.47. The van der Waals surface area contributed by atoms with E-state index in [0.29, 0.717) is 0 Å². The number of ether oxygens (including phenoxy) is 1. The Balaban J connectivity index is 2.54. The number of rotatable bonds is 10. The number of hydrogen-bond acceptors (Lipinski definition) is 3. The number of aryl methyl sites for hydroxylation is 1. The smallest absolute Gasteiger partial charge is 0.161 e. The SMILES string of the molecule is CCCCCCCC(N)c1c(OC)cnn1CCC. The first kappa shape index (κ1) is 16.0. The summed E-state index contributed by atoms with van der Waals surface area (Å²) < 4.78 is 7.37. The van der Waals surface area contributed by atoms with Crippen LogP contribution in [0.4, 0.5) is 0 Å². The molecule has 0 aliphatic rings. The van der Waals surface area contributed by atoms with E-state index in [1.165, 1.54) is 32.1 Å². The molecule has 0 amide bonds. The van der Waals surface area contributed by atoms with Crippen molar-refractivity contribution in [2.24, 2.45) is 5.73 Å². The number of nitrogens with two attached hydrogens (primary N) is 1. The molecule has 1 aromatic rings. The van der Waals surface area contributed by atoms with Crippen molar-refractivity contribution in [1.82, 2.24) is 9.78 Å². The van der Waals surface area contributed by atoms with Crippen LogP contribution in [0.15, 0.2) is 6.20 Å². The maximum atomic E-state index is 6.32. The van der Waals surface area contributed by atoms with Gasteiger partial charge < -0.3 is 10.5 Å². The van der Waals surface area contributed by atoms with Crippen LogP contribution in [0.25, 0.3) is 0 Å². The van der Waals surface area contributed by atoms with E-state index in [0.717, 1.165) is 30.8 Å². The summed E-state index contributed by atoms with van der Waals surface area (Å²) in [4.78, 5) is 0. The summed E-state index contributed by atoms with van der Waals surface area (Å²) in [5.41, 5.74) is 7.38. The van der Waals surface area contributed by atoms with Gasteiger partial charge in [-0.05, 0) is 12.8 Å². The Hall–Kier alpha value is -1.03. The van der Waals surface area contributed by atoms with E-state index in [9.17, 15) is 0 Å². The van der Waals surface area contributed by atoms with E-state index >= 15 is 0 Å². The lowest BCUT2D eigenvalue weighted by Crippen LogP contribution is -2.17. The molecule has 0 spiro atoms. The van der Waals surface area contributed by atoms with Crippen molar-refractivity contribution in [3.63, 3.8) is 0 Å². The molecule has 0 saturated carbocycles. The van der Waals surface area contributed by atoms with E-state index < -0.39 is 0 Å². The molecule has 0 fully saturated rings. The van der Waals surface area contributed by atoms with Gasteiger partial charge in [-0.25, -0.2) is 0 Å². The normalized spacial score (nSPS) is 12.6. The summed E-state index contributed by atoms with van der Waals surface area (Å²) in [5.74, 6) is 0.828. The lowest BCUT2D eigenvalue weighted by atomic mass is 10.0. The minimum atomic E-state index is 0.0330. The Kier molecular flexibility index (Phi) is 7.56. The van der Waals surface area contributed by atoms with Crippen LogP contribution in [-0.2, 0) is 6.54 Å². The highest BCUT2D eigenvalue weighted by Gasteiger charge is 2.17.